The fraction of sp³-hybridized carbons (Fsp3) is 1.00. The summed E-state index contributed by atoms with van der Waals surface area (Å²) in [6.07, 6.45) is 0. The standard InChI is InChI=1S/CH4.4H2N.2H2O.2Pt/h1H4;6*1H2;;/q;4*-1;;;2*+2. The summed E-state index contributed by atoms with van der Waals surface area (Å²) in [5.74, 6) is 0. The van der Waals surface area contributed by atoms with Gasteiger partial charge in [0.05, 0.1) is 0 Å². The summed E-state index contributed by atoms with van der Waals surface area (Å²) in [5.41, 5.74) is 0. The van der Waals surface area contributed by atoms with Crippen LogP contribution >= 0.6 is 0 Å². The monoisotopic (exact) mass is 506 g/mol. The Morgan fingerprint density at radius 2 is 0.444 bits per heavy atom. The van der Waals surface area contributed by atoms with Crippen molar-refractivity contribution in [2.75, 3.05) is 0 Å². The molecule has 0 aliphatic rings. The smallest absolute Gasteiger partial charge is 0.693 e. The molecule has 72 valence electrons. The number of rotatable bonds is 0. The molecular formula is CH16N4O2Pt2. The molecule has 0 aliphatic carbocycles. The maximum Gasteiger partial charge on any atom is 2.00 e. The van der Waals surface area contributed by atoms with E-state index in [1.165, 1.54) is 0 Å². The van der Waals surface area contributed by atoms with E-state index in [9.17, 15) is 0 Å². The van der Waals surface area contributed by atoms with Gasteiger partial charge in [0.2, 0.25) is 0 Å². The molecule has 0 aliphatic heterocycles. The van der Waals surface area contributed by atoms with Crippen LogP contribution in [0.25, 0.3) is 24.6 Å². The Kier molecular flexibility index (Phi) is 34100. The third-order valence-corrected chi connectivity index (χ3v) is 0. The number of hydrogen-bond donors (Lipinski definition) is 0. The van der Waals surface area contributed by atoms with Gasteiger partial charge in [0, 0.05) is 0 Å². The first-order valence-corrected chi connectivity index (χ1v) is 0. The first kappa shape index (κ1) is 655. The van der Waals surface area contributed by atoms with Gasteiger partial charge in [0.25, 0.3) is 0 Å². The van der Waals surface area contributed by atoms with E-state index in [2.05, 4.69) is 0 Å². The molecule has 0 saturated carbocycles. The van der Waals surface area contributed by atoms with Gasteiger partial charge in [0.15, 0.2) is 0 Å². The summed E-state index contributed by atoms with van der Waals surface area (Å²) < 4.78 is 0. The Bertz CT molecular complexity index is 16.5. The molecule has 6 nitrogen and oxygen atoms in total. The molecular weight excluding hydrogens is 490 g/mol. The molecule has 0 aromatic carbocycles. The quantitative estimate of drug-likeness (QED) is 0.463. The van der Waals surface area contributed by atoms with Gasteiger partial charge in [0.1, 0.15) is 0 Å². The normalized spacial score (nSPS) is 0. The van der Waals surface area contributed by atoms with E-state index in [1.807, 2.05) is 0 Å². The van der Waals surface area contributed by atoms with Crippen LogP contribution in [-0.2, 0) is 42.1 Å². The minimum absolute atomic E-state index is 0. The second-order valence-electron chi connectivity index (χ2n) is 0. The van der Waals surface area contributed by atoms with Gasteiger partial charge in [-0.3, -0.25) is 0 Å². The predicted molar refractivity (Wildman–Crippen MR) is 35.1 cm³/mol. The molecule has 12 N–H and O–H groups in total. The van der Waals surface area contributed by atoms with Gasteiger partial charge >= 0.3 is 42.1 Å². The fourth-order valence-corrected chi connectivity index (χ4v) is 0. The average molecular weight is 506 g/mol. The second kappa shape index (κ2) is 468. The molecule has 0 bridgehead atoms. The maximum absolute atomic E-state index is 0. The predicted octanol–water partition coefficient (Wildman–Crippen LogP) is 1.85. The largest absolute Gasteiger partial charge is 2.00 e. The number of hydrogen-bond acceptors (Lipinski definition) is 0. The summed E-state index contributed by atoms with van der Waals surface area (Å²) in [4.78, 5) is 0. The Hall–Kier alpha value is 1.14. The van der Waals surface area contributed by atoms with Crippen LogP contribution in [0.2, 0.25) is 0 Å². The Labute approximate surface area is 85.0 Å². The Balaban J connectivity index is 0. The van der Waals surface area contributed by atoms with E-state index in [1.54, 1.807) is 0 Å². The van der Waals surface area contributed by atoms with Crippen LogP contribution in [0.3, 0.4) is 0 Å². The van der Waals surface area contributed by atoms with Crippen molar-refractivity contribution in [3.63, 3.8) is 0 Å². The summed E-state index contributed by atoms with van der Waals surface area (Å²) >= 11 is 0. The molecule has 0 spiro atoms. The van der Waals surface area contributed by atoms with E-state index in [0.29, 0.717) is 0 Å². The molecule has 0 atom stereocenters. The zero-order valence-corrected chi connectivity index (χ0v) is 8.49. The zero-order valence-electron chi connectivity index (χ0n) is 3.94. The summed E-state index contributed by atoms with van der Waals surface area (Å²) in [5, 5.41) is 0. The van der Waals surface area contributed by atoms with E-state index in [4.69, 9.17) is 0 Å². The summed E-state index contributed by atoms with van der Waals surface area (Å²) in [6.45, 7) is 0. The van der Waals surface area contributed by atoms with Crippen LogP contribution < -0.4 is 0 Å². The van der Waals surface area contributed by atoms with Crippen LogP contribution in [0, 0.1) is 0 Å². The van der Waals surface area contributed by atoms with E-state index >= 15 is 0 Å². The van der Waals surface area contributed by atoms with E-state index < -0.39 is 0 Å². The van der Waals surface area contributed by atoms with Crippen molar-refractivity contribution in [1.82, 2.24) is 0 Å². The van der Waals surface area contributed by atoms with Crippen molar-refractivity contribution in [2.45, 2.75) is 7.43 Å². The van der Waals surface area contributed by atoms with Crippen LogP contribution in [-0.4, -0.2) is 11.0 Å². The van der Waals surface area contributed by atoms with Crippen LogP contribution in [0.15, 0.2) is 0 Å². The average Bonchev–Trinajstić information content (AvgIpc) is 0. The molecule has 0 saturated heterocycles. The summed E-state index contributed by atoms with van der Waals surface area (Å²) in [7, 11) is 0. The van der Waals surface area contributed by atoms with Gasteiger partial charge in [-0.1, -0.05) is 7.43 Å². The van der Waals surface area contributed by atoms with Gasteiger partial charge in [-0.25, -0.2) is 0 Å². The molecule has 0 rings (SSSR count). The van der Waals surface area contributed by atoms with Crippen molar-refractivity contribution in [3.05, 3.63) is 24.6 Å². The van der Waals surface area contributed by atoms with Crippen LogP contribution in [0.4, 0.5) is 0 Å². The molecule has 0 fully saturated rings. The topological polar surface area (TPSA) is 197 Å². The molecule has 0 heterocycles. The molecule has 0 unspecified atom stereocenters. The Morgan fingerprint density at radius 1 is 0.444 bits per heavy atom. The minimum atomic E-state index is 0. The van der Waals surface area contributed by atoms with E-state index in [0.717, 1.165) is 0 Å². The van der Waals surface area contributed by atoms with Crippen molar-refractivity contribution < 1.29 is 53.1 Å². The van der Waals surface area contributed by atoms with Crippen LogP contribution in [0.1, 0.15) is 7.43 Å². The number of nitrogens with two attached hydrogens (primary N) is 4. The fourth-order valence-electron chi connectivity index (χ4n) is 0. The van der Waals surface area contributed by atoms with Crippen LogP contribution in [0.5, 0.6) is 0 Å². The van der Waals surface area contributed by atoms with Crippen molar-refractivity contribution in [2.24, 2.45) is 0 Å². The van der Waals surface area contributed by atoms with Gasteiger partial charge in [-0.2, -0.15) is 0 Å². The first-order chi connectivity index (χ1) is 0. The zero-order chi connectivity index (χ0) is 0. The molecule has 9 heavy (non-hydrogen) atoms. The van der Waals surface area contributed by atoms with Gasteiger partial charge < -0.3 is 35.6 Å². The molecule has 0 aromatic rings. The molecule has 0 radical (unpaired) electrons. The van der Waals surface area contributed by atoms with Crippen molar-refractivity contribution in [1.29, 1.82) is 0 Å². The SMILES string of the molecule is C.O.O.[NH2-].[NH2-].[NH2-].[NH2-].[Pt+2].[Pt+2]. The third kappa shape index (κ3) is 360. The maximum atomic E-state index is 0. The molecule has 0 aromatic heterocycles. The third-order valence-electron chi connectivity index (χ3n) is 0. The van der Waals surface area contributed by atoms with Crippen molar-refractivity contribution >= 4 is 0 Å². The minimum Gasteiger partial charge on any atom is -0.693 e. The van der Waals surface area contributed by atoms with Gasteiger partial charge in [-0.05, 0) is 0 Å². The first-order valence-electron chi connectivity index (χ1n) is 0. The summed E-state index contributed by atoms with van der Waals surface area (Å²) in [6, 6.07) is 0. The van der Waals surface area contributed by atoms with Crippen molar-refractivity contribution in [3.8, 4) is 0 Å². The second-order valence-corrected chi connectivity index (χ2v) is 0. The van der Waals surface area contributed by atoms with E-state index in [-0.39, 0.29) is 85.1 Å². The molecule has 0 amide bonds. The Morgan fingerprint density at radius 3 is 0.444 bits per heavy atom. The van der Waals surface area contributed by atoms with Gasteiger partial charge in [-0.15, -0.1) is 0 Å². The molecule has 8 heteroatoms.